The molecule has 5 heteroatoms. The van der Waals surface area contributed by atoms with Gasteiger partial charge in [-0.05, 0) is 41.0 Å². The van der Waals surface area contributed by atoms with Crippen LogP contribution in [-0.2, 0) is 11.3 Å². The maximum absolute atomic E-state index is 13.0. The minimum atomic E-state index is -0.423. The van der Waals surface area contributed by atoms with Gasteiger partial charge in [-0.1, -0.05) is 66.2 Å². The van der Waals surface area contributed by atoms with Gasteiger partial charge in [-0.2, -0.15) is 0 Å². The molecule has 0 saturated heterocycles. The Bertz CT molecular complexity index is 1040. The van der Waals surface area contributed by atoms with Gasteiger partial charge in [0.1, 0.15) is 5.75 Å². The number of hydrogen-bond donors (Lipinski definition) is 1. The Morgan fingerprint density at radius 1 is 0.966 bits per heavy atom. The van der Waals surface area contributed by atoms with Crippen molar-refractivity contribution in [1.82, 2.24) is 4.90 Å². The number of nitrogens with zero attached hydrogens (tertiary/aromatic N) is 1. The summed E-state index contributed by atoms with van der Waals surface area (Å²) in [5, 5.41) is 11.4. The van der Waals surface area contributed by atoms with Crippen molar-refractivity contribution < 1.29 is 14.6 Å². The fraction of sp³-hybridized carbons (Fsp3) is 0.125. The molecule has 0 aliphatic carbocycles. The predicted octanol–water partition coefficient (Wildman–Crippen LogP) is 5.40. The van der Waals surface area contributed by atoms with Gasteiger partial charge in [0.25, 0.3) is 5.91 Å². The molecule has 1 aliphatic heterocycles. The molecule has 4 rings (SSSR count). The molecule has 29 heavy (non-hydrogen) atoms. The summed E-state index contributed by atoms with van der Waals surface area (Å²) >= 11 is 6.07. The maximum Gasteiger partial charge on any atom is 0.290 e. The number of amides is 1. The zero-order chi connectivity index (χ0) is 20.4. The van der Waals surface area contributed by atoms with E-state index in [1.54, 1.807) is 24.1 Å². The first-order valence-corrected chi connectivity index (χ1v) is 9.64. The molecule has 1 unspecified atom stereocenters. The molecule has 1 aliphatic rings. The van der Waals surface area contributed by atoms with E-state index in [1.807, 2.05) is 66.7 Å². The molecule has 0 saturated carbocycles. The zero-order valence-corrected chi connectivity index (χ0v) is 16.6. The third-order valence-electron chi connectivity index (χ3n) is 5.09. The molecule has 146 valence electrons. The lowest BCUT2D eigenvalue weighted by molar-refractivity contribution is -0.130. The number of rotatable bonds is 5. The number of benzene rings is 3. The number of aliphatic hydroxyl groups is 1. The van der Waals surface area contributed by atoms with Gasteiger partial charge in [-0.3, -0.25) is 4.79 Å². The van der Waals surface area contributed by atoms with Crippen LogP contribution in [0.4, 0.5) is 0 Å². The number of aliphatic hydroxyl groups excluding tert-OH is 1. The fourth-order valence-corrected chi connectivity index (χ4v) is 3.78. The van der Waals surface area contributed by atoms with E-state index >= 15 is 0 Å². The summed E-state index contributed by atoms with van der Waals surface area (Å²) in [6.45, 7) is 0.386. The topological polar surface area (TPSA) is 49.8 Å². The highest BCUT2D eigenvalue weighted by atomic mass is 35.5. The van der Waals surface area contributed by atoms with Gasteiger partial charge >= 0.3 is 0 Å². The molecule has 0 bridgehead atoms. The highest BCUT2D eigenvalue weighted by Crippen LogP contribution is 2.44. The molecule has 1 amide bonds. The number of ether oxygens (including phenoxy) is 1. The number of methoxy groups -OCH3 is 1. The van der Waals surface area contributed by atoms with Crippen LogP contribution in [-0.4, -0.2) is 23.0 Å². The van der Waals surface area contributed by atoms with E-state index in [-0.39, 0.29) is 11.7 Å². The van der Waals surface area contributed by atoms with Gasteiger partial charge in [-0.25, -0.2) is 0 Å². The molecule has 0 fully saturated rings. The first kappa shape index (κ1) is 19.1. The van der Waals surface area contributed by atoms with Crippen LogP contribution in [0.25, 0.3) is 5.57 Å². The molecule has 1 heterocycles. The SMILES string of the molecule is COc1ccc(C2=C(O)C(=O)N(Cc3ccccc3)C2c2ccc(Cl)cc2)cc1. The lowest BCUT2D eigenvalue weighted by Gasteiger charge is -2.27. The van der Waals surface area contributed by atoms with Gasteiger partial charge < -0.3 is 14.7 Å². The Morgan fingerprint density at radius 2 is 1.62 bits per heavy atom. The largest absolute Gasteiger partial charge is 0.503 e. The lowest BCUT2D eigenvalue weighted by atomic mass is 9.93. The van der Waals surface area contributed by atoms with E-state index in [9.17, 15) is 9.90 Å². The predicted molar refractivity (Wildman–Crippen MR) is 114 cm³/mol. The van der Waals surface area contributed by atoms with Crippen molar-refractivity contribution in [1.29, 1.82) is 0 Å². The first-order chi connectivity index (χ1) is 14.1. The first-order valence-electron chi connectivity index (χ1n) is 9.26. The minimum absolute atomic E-state index is 0.231. The molecule has 1 atom stereocenters. The van der Waals surface area contributed by atoms with Crippen LogP contribution < -0.4 is 4.74 Å². The highest BCUT2D eigenvalue weighted by Gasteiger charge is 2.40. The molecule has 0 radical (unpaired) electrons. The Hall–Kier alpha value is -3.24. The zero-order valence-electron chi connectivity index (χ0n) is 15.9. The molecular weight excluding hydrogens is 386 g/mol. The lowest BCUT2D eigenvalue weighted by Crippen LogP contribution is -2.29. The fourth-order valence-electron chi connectivity index (χ4n) is 3.65. The Morgan fingerprint density at radius 3 is 2.24 bits per heavy atom. The van der Waals surface area contributed by atoms with Crippen LogP contribution in [0.1, 0.15) is 22.7 Å². The van der Waals surface area contributed by atoms with Crippen molar-refractivity contribution in [3.63, 3.8) is 0 Å². The number of halogens is 1. The maximum atomic E-state index is 13.0. The van der Waals surface area contributed by atoms with Gasteiger partial charge in [0.2, 0.25) is 0 Å². The quantitative estimate of drug-likeness (QED) is 0.618. The Balaban J connectivity index is 1.80. The number of carbonyl (C=O) groups excluding carboxylic acids is 1. The number of carbonyl (C=O) groups is 1. The third kappa shape index (κ3) is 3.71. The minimum Gasteiger partial charge on any atom is -0.503 e. The third-order valence-corrected chi connectivity index (χ3v) is 5.34. The molecule has 3 aromatic rings. The van der Waals surface area contributed by atoms with Crippen LogP contribution in [0.2, 0.25) is 5.02 Å². The summed E-state index contributed by atoms with van der Waals surface area (Å²) in [7, 11) is 1.60. The standard InChI is InChI=1S/C24H20ClNO3/c1-29-20-13-9-17(10-14-20)21-22(18-7-11-19(25)12-8-18)26(24(28)23(21)27)15-16-5-3-2-4-6-16/h2-14,22,27H,15H2,1H3. The average molecular weight is 406 g/mol. The highest BCUT2D eigenvalue weighted by molar-refractivity contribution is 6.30. The van der Waals surface area contributed by atoms with E-state index in [4.69, 9.17) is 16.3 Å². The van der Waals surface area contributed by atoms with Crippen molar-refractivity contribution in [3.05, 3.63) is 106 Å². The molecule has 3 aromatic carbocycles. The van der Waals surface area contributed by atoms with Gasteiger partial charge in [-0.15, -0.1) is 0 Å². The van der Waals surface area contributed by atoms with Crippen LogP contribution in [0.3, 0.4) is 0 Å². The van der Waals surface area contributed by atoms with E-state index in [0.717, 1.165) is 16.7 Å². The van der Waals surface area contributed by atoms with Crippen molar-refractivity contribution in [3.8, 4) is 5.75 Å². The molecule has 0 spiro atoms. The Kier molecular flexibility index (Phi) is 5.28. The summed E-state index contributed by atoms with van der Waals surface area (Å²) in [6.07, 6.45) is 0. The second-order valence-electron chi connectivity index (χ2n) is 6.86. The van der Waals surface area contributed by atoms with Crippen molar-refractivity contribution in [2.24, 2.45) is 0 Å². The average Bonchev–Trinajstić information content (AvgIpc) is 3.00. The summed E-state index contributed by atoms with van der Waals surface area (Å²) in [4.78, 5) is 14.7. The molecule has 4 nitrogen and oxygen atoms in total. The van der Waals surface area contributed by atoms with Crippen molar-refractivity contribution in [2.75, 3.05) is 7.11 Å². The monoisotopic (exact) mass is 405 g/mol. The summed E-state index contributed by atoms with van der Waals surface area (Å²) < 4.78 is 5.23. The van der Waals surface area contributed by atoms with Gasteiger partial charge in [0.05, 0.1) is 13.2 Å². The Labute approximate surface area is 174 Å². The van der Waals surface area contributed by atoms with Crippen molar-refractivity contribution in [2.45, 2.75) is 12.6 Å². The van der Waals surface area contributed by atoms with Crippen LogP contribution in [0.15, 0.2) is 84.6 Å². The second-order valence-corrected chi connectivity index (χ2v) is 7.30. The van der Waals surface area contributed by atoms with Gasteiger partial charge in [0.15, 0.2) is 5.76 Å². The van der Waals surface area contributed by atoms with E-state index in [0.29, 0.717) is 22.9 Å². The summed E-state index contributed by atoms with van der Waals surface area (Å²) in [6, 6.07) is 24.0. The molecule has 0 aromatic heterocycles. The van der Waals surface area contributed by atoms with Crippen molar-refractivity contribution >= 4 is 23.1 Å². The van der Waals surface area contributed by atoms with Crippen LogP contribution >= 0.6 is 11.6 Å². The van der Waals surface area contributed by atoms with E-state index in [2.05, 4.69) is 0 Å². The molecule has 1 N–H and O–H groups in total. The molecular formula is C24H20ClNO3. The number of hydrogen-bond acceptors (Lipinski definition) is 3. The summed E-state index contributed by atoms with van der Waals surface area (Å²) in [5.74, 6) is 0.0908. The summed E-state index contributed by atoms with van der Waals surface area (Å²) in [5.41, 5.74) is 3.22. The van der Waals surface area contributed by atoms with Crippen LogP contribution in [0.5, 0.6) is 5.75 Å². The van der Waals surface area contributed by atoms with Crippen LogP contribution in [0, 0.1) is 0 Å². The van der Waals surface area contributed by atoms with E-state index < -0.39 is 6.04 Å². The van der Waals surface area contributed by atoms with E-state index in [1.165, 1.54) is 0 Å². The second kappa shape index (κ2) is 8.02. The van der Waals surface area contributed by atoms with Gasteiger partial charge in [0, 0.05) is 17.1 Å². The normalized spacial score (nSPS) is 16.4. The smallest absolute Gasteiger partial charge is 0.290 e.